The predicted octanol–water partition coefficient (Wildman–Crippen LogP) is 2.88. The first-order chi connectivity index (χ1) is 9.33. The van der Waals surface area contributed by atoms with E-state index in [9.17, 15) is 4.79 Å². The van der Waals surface area contributed by atoms with Crippen LogP contribution in [0.25, 0.3) is 10.8 Å². The molecule has 0 bridgehead atoms. The standard InChI is InChI=1S/C15H11N3O/c19-14(18-15-16-8-3-9-17-15)13-7-6-11-4-1-2-5-12(11)10-13/h1-10H,(H,16,17,18,19). The molecule has 1 N–H and O–H groups in total. The molecule has 4 nitrogen and oxygen atoms in total. The van der Waals surface area contributed by atoms with E-state index in [0.717, 1.165) is 10.8 Å². The lowest BCUT2D eigenvalue weighted by Crippen LogP contribution is -2.13. The topological polar surface area (TPSA) is 54.9 Å². The van der Waals surface area contributed by atoms with Crippen molar-refractivity contribution in [1.29, 1.82) is 0 Å². The van der Waals surface area contributed by atoms with Crippen LogP contribution < -0.4 is 5.32 Å². The summed E-state index contributed by atoms with van der Waals surface area (Å²) in [6, 6.07) is 15.2. The number of amides is 1. The van der Waals surface area contributed by atoms with Crippen molar-refractivity contribution in [3.05, 3.63) is 66.5 Å². The van der Waals surface area contributed by atoms with Gasteiger partial charge in [-0.15, -0.1) is 0 Å². The smallest absolute Gasteiger partial charge is 0.258 e. The van der Waals surface area contributed by atoms with Gasteiger partial charge >= 0.3 is 0 Å². The fourth-order valence-electron chi connectivity index (χ4n) is 1.87. The van der Waals surface area contributed by atoms with Crippen LogP contribution in [-0.2, 0) is 0 Å². The molecule has 1 amide bonds. The van der Waals surface area contributed by atoms with Gasteiger partial charge in [-0.3, -0.25) is 10.1 Å². The van der Waals surface area contributed by atoms with Gasteiger partial charge in [0, 0.05) is 18.0 Å². The summed E-state index contributed by atoms with van der Waals surface area (Å²) >= 11 is 0. The number of nitrogens with zero attached hydrogens (tertiary/aromatic N) is 2. The molecule has 0 aliphatic rings. The number of hydrogen-bond donors (Lipinski definition) is 1. The van der Waals surface area contributed by atoms with E-state index in [1.807, 2.05) is 36.4 Å². The van der Waals surface area contributed by atoms with Crippen LogP contribution in [0.5, 0.6) is 0 Å². The van der Waals surface area contributed by atoms with E-state index in [0.29, 0.717) is 11.5 Å². The Bertz CT molecular complexity index is 726. The molecule has 0 unspecified atom stereocenters. The highest BCUT2D eigenvalue weighted by Gasteiger charge is 2.07. The predicted molar refractivity (Wildman–Crippen MR) is 73.9 cm³/mol. The van der Waals surface area contributed by atoms with Gasteiger partial charge in [-0.25, -0.2) is 9.97 Å². The lowest BCUT2D eigenvalue weighted by Gasteiger charge is -2.04. The van der Waals surface area contributed by atoms with Gasteiger partial charge in [0.15, 0.2) is 0 Å². The van der Waals surface area contributed by atoms with Gasteiger partial charge in [0.2, 0.25) is 5.95 Å². The van der Waals surface area contributed by atoms with Crippen LogP contribution in [0.4, 0.5) is 5.95 Å². The Labute approximate surface area is 110 Å². The van der Waals surface area contributed by atoms with E-state index in [4.69, 9.17) is 0 Å². The summed E-state index contributed by atoms with van der Waals surface area (Å²) in [6.45, 7) is 0. The van der Waals surface area contributed by atoms with Crippen molar-refractivity contribution in [2.45, 2.75) is 0 Å². The maximum absolute atomic E-state index is 12.1. The maximum atomic E-state index is 12.1. The Kier molecular flexibility index (Phi) is 2.90. The number of hydrogen-bond acceptors (Lipinski definition) is 3. The Morgan fingerprint density at radius 1 is 0.895 bits per heavy atom. The Balaban J connectivity index is 1.89. The highest BCUT2D eigenvalue weighted by Crippen LogP contribution is 2.16. The van der Waals surface area contributed by atoms with E-state index in [-0.39, 0.29) is 5.91 Å². The molecule has 1 heterocycles. The molecule has 3 aromatic rings. The Hall–Kier alpha value is -2.75. The molecule has 4 heteroatoms. The molecule has 0 fully saturated rings. The largest absolute Gasteiger partial charge is 0.290 e. The van der Waals surface area contributed by atoms with Crippen molar-refractivity contribution in [2.75, 3.05) is 5.32 Å². The quantitative estimate of drug-likeness (QED) is 0.759. The first-order valence-corrected chi connectivity index (χ1v) is 5.90. The second-order valence-electron chi connectivity index (χ2n) is 4.09. The van der Waals surface area contributed by atoms with Crippen LogP contribution in [0.15, 0.2) is 60.9 Å². The summed E-state index contributed by atoms with van der Waals surface area (Å²) in [4.78, 5) is 20.0. The third kappa shape index (κ3) is 2.42. The van der Waals surface area contributed by atoms with E-state index in [2.05, 4.69) is 15.3 Å². The fraction of sp³-hybridized carbons (Fsp3) is 0. The van der Waals surface area contributed by atoms with Crippen LogP contribution in [0.1, 0.15) is 10.4 Å². The van der Waals surface area contributed by atoms with Crippen molar-refractivity contribution in [3.63, 3.8) is 0 Å². The van der Waals surface area contributed by atoms with Crippen molar-refractivity contribution in [1.82, 2.24) is 9.97 Å². The second kappa shape index (κ2) is 4.86. The minimum absolute atomic E-state index is 0.211. The monoisotopic (exact) mass is 249 g/mol. The summed E-state index contributed by atoms with van der Waals surface area (Å²) in [5, 5.41) is 4.80. The van der Waals surface area contributed by atoms with Crippen LogP contribution in [-0.4, -0.2) is 15.9 Å². The number of nitrogens with one attached hydrogen (secondary N) is 1. The molecule has 0 atom stereocenters. The molecule has 0 saturated carbocycles. The highest BCUT2D eigenvalue weighted by atomic mass is 16.1. The molecule has 0 saturated heterocycles. The number of benzene rings is 2. The van der Waals surface area contributed by atoms with E-state index < -0.39 is 0 Å². The molecular weight excluding hydrogens is 238 g/mol. The van der Waals surface area contributed by atoms with Crippen molar-refractivity contribution >= 4 is 22.6 Å². The van der Waals surface area contributed by atoms with Gasteiger partial charge in [-0.05, 0) is 29.0 Å². The number of aromatic nitrogens is 2. The van der Waals surface area contributed by atoms with Gasteiger partial charge in [-0.2, -0.15) is 0 Å². The first-order valence-electron chi connectivity index (χ1n) is 5.90. The molecule has 1 aromatic heterocycles. The van der Waals surface area contributed by atoms with Crippen molar-refractivity contribution in [3.8, 4) is 0 Å². The minimum Gasteiger partial charge on any atom is -0.290 e. The Morgan fingerprint density at radius 3 is 2.42 bits per heavy atom. The molecule has 0 aliphatic carbocycles. The molecule has 0 radical (unpaired) electrons. The van der Waals surface area contributed by atoms with E-state index in [1.54, 1.807) is 24.5 Å². The summed E-state index contributed by atoms with van der Waals surface area (Å²) in [5.74, 6) is 0.0950. The van der Waals surface area contributed by atoms with Crippen LogP contribution in [0, 0.1) is 0 Å². The molecule has 2 aromatic carbocycles. The average Bonchev–Trinajstić information content (AvgIpc) is 2.48. The number of carbonyl (C=O) groups excluding carboxylic acids is 1. The lowest BCUT2D eigenvalue weighted by atomic mass is 10.1. The van der Waals surface area contributed by atoms with Gasteiger partial charge < -0.3 is 0 Å². The second-order valence-corrected chi connectivity index (χ2v) is 4.09. The SMILES string of the molecule is O=C(Nc1ncccn1)c1ccc2ccccc2c1. The minimum atomic E-state index is -0.211. The van der Waals surface area contributed by atoms with E-state index >= 15 is 0 Å². The zero-order valence-corrected chi connectivity index (χ0v) is 10.1. The first kappa shape index (κ1) is 11.3. The maximum Gasteiger partial charge on any atom is 0.258 e. The van der Waals surface area contributed by atoms with E-state index in [1.165, 1.54) is 0 Å². The summed E-state index contributed by atoms with van der Waals surface area (Å²) in [6.07, 6.45) is 3.17. The number of fused-ring (bicyclic) bond motifs is 1. The van der Waals surface area contributed by atoms with Gasteiger partial charge in [0.05, 0.1) is 0 Å². The van der Waals surface area contributed by atoms with Gasteiger partial charge in [0.1, 0.15) is 0 Å². The van der Waals surface area contributed by atoms with Gasteiger partial charge in [0.25, 0.3) is 5.91 Å². The number of rotatable bonds is 2. The van der Waals surface area contributed by atoms with Crippen LogP contribution >= 0.6 is 0 Å². The van der Waals surface area contributed by atoms with Crippen molar-refractivity contribution < 1.29 is 4.79 Å². The molecule has 3 rings (SSSR count). The molecular formula is C15H11N3O. The van der Waals surface area contributed by atoms with Crippen LogP contribution in [0.2, 0.25) is 0 Å². The summed E-state index contributed by atoms with van der Waals surface area (Å²) in [5.41, 5.74) is 0.589. The van der Waals surface area contributed by atoms with Crippen LogP contribution in [0.3, 0.4) is 0 Å². The zero-order valence-electron chi connectivity index (χ0n) is 10.1. The average molecular weight is 249 g/mol. The summed E-state index contributed by atoms with van der Waals surface area (Å²) in [7, 11) is 0. The Morgan fingerprint density at radius 2 is 1.63 bits per heavy atom. The summed E-state index contributed by atoms with van der Waals surface area (Å²) < 4.78 is 0. The molecule has 92 valence electrons. The molecule has 19 heavy (non-hydrogen) atoms. The lowest BCUT2D eigenvalue weighted by molar-refractivity contribution is 0.102. The molecule has 0 spiro atoms. The normalized spacial score (nSPS) is 10.3. The number of carbonyl (C=O) groups is 1. The van der Waals surface area contributed by atoms with Gasteiger partial charge in [-0.1, -0.05) is 30.3 Å². The zero-order chi connectivity index (χ0) is 13.1. The third-order valence-electron chi connectivity index (χ3n) is 2.80. The third-order valence-corrected chi connectivity index (χ3v) is 2.80. The number of anilines is 1. The molecule has 0 aliphatic heterocycles. The fourth-order valence-corrected chi connectivity index (χ4v) is 1.87. The highest BCUT2D eigenvalue weighted by molar-refractivity contribution is 6.05. The van der Waals surface area contributed by atoms with Crippen molar-refractivity contribution in [2.24, 2.45) is 0 Å².